The smallest absolute Gasteiger partial charge is 0.407 e. The largest absolute Gasteiger partial charge is 0.446 e. The lowest BCUT2D eigenvalue weighted by atomic mass is 9.93. The third-order valence-electron chi connectivity index (χ3n) is 3.75. The zero-order valence-electron chi connectivity index (χ0n) is 13.0. The van der Waals surface area contributed by atoms with Crippen molar-refractivity contribution in [2.24, 2.45) is 0 Å². The van der Waals surface area contributed by atoms with E-state index in [1.807, 2.05) is 6.07 Å². The van der Waals surface area contributed by atoms with Gasteiger partial charge in [-0.15, -0.1) is 0 Å². The average Bonchev–Trinajstić information content (AvgIpc) is 2.57. The number of hydrogen-bond donors (Lipinski definition) is 3. The van der Waals surface area contributed by atoms with Crippen LogP contribution < -0.4 is 16.0 Å². The van der Waals surface area contributed by atoms with E-state index in [4.69, 9.17) is 17.0 Å². The number of rotatable bonds is 3. The van der Waals surface area contributed by atoms with Crippen LogP contribution in [-0.2, 0) is 4.74 Å². The van der Waals surface area contributed by atoms with E-state index in [9.17, 15) is 9.59 Å². The Labute approximate surface area is 141 Å². The number of carbonyl (C=O) groups is 2. The topological polar surface area (TPSA) is 79.5 Å². The van der Waals surface area contributed by atoms with Crippen molar-refractivity contribution in [3.8, 4) is 0 Å². The number of benzene rings is 1. The Bertz CT molecular complexity index is 557. The van der Waals surface area contributed by atoms with Crippen LogP contribution in [0, 0.1) is 0 Å². The Kier molecular flexibility index (Phi) is 6.34. The molecule has 2 amide bonds. The maximum atomic E-state index is 12.0. The highest BCUT2D eigenvalue weighted by atomic mass is 32.1. The highest BCUT2D eigenvalue weighted by Gasteiger charge is 2.24. The van der Waals surface area contributed by atoms with Crippen molar-refractivity contribution in [3.05, 3.63) is 35.9 Å². The molecule has 1 aromatic carbocycles. The summed E-state index contributed by atoms with van der Waals surface area (Å²) < 4.78 is 5.24. The molecule has 23 heavy (non-hydrogen) atoms. The molecule has 0 aliphatic heterocycles. The maximum absolute atomic E-state index is 12.0. The zero-order valence-corrected chi connectivity index (χ0v) is 13.8. The number of alkyl carbamates (subject to hydrolysis) is 1. The molecule has 0 aromatic heterocycles. The summed E-state index contributed by atoms with van der Waals surface area (Å²) in [5.41, 5.74) is 0.569. The molecule has 0 bridgehead atoms. The minimum atomic E-state index is -0.396. The highest BCUT2D eigenvalue weighted by molar-refractivity contribution is 7.80. The van der Waals surface area contributed by atoms with Crippen LogP contribution in [-0.4, -0.2) is 36.3 Å². The molecule has 1 saturated carbocycles. The molecule has 0 atom stereocenters. The van der Waals surface area contributed by atoms with Gasteiger partial charge in [-0.2, -0.15) is 0 Å². The molecule has 0 saturated heterocycles. The molecular formula is C16H21N3O3S. The molecule has 0 heterocycles. The molecule has 1 aromatic rings. The van der Waals surface area contributed by atoms with Gasteiger partial charge < -0.3 is 15.4 Å². The van der Waals surface area contributed by atoms with Gasteiger partial charge in [0.05, 0.1) is 0 Å². The van der Waals surface area contributed by atoms with E-state index in [2.05, 4.69) is 16.0 Å². The second kappa shape index (κ2) is 8.47. The van der Waals surface area contributed by atoms with Gasteiger partial charge in [-0.05, 0) is 50.0 Å². The van der Waals surface area contributed by atoms with E-state index >= 15 is 0 Å². The molecule has 0 spiro atoms. The normalized spacial score (nSPS) is 20.2. The van der Waals surface area contributed by atoms with Gasteiger partial charge in [0.2, 0.25) is 0 Å². The minimum absolute atomic E-state index is 0.0551. The lowest BCUT2D eigenvalue weighted by Crippen LogP contribution is -2.46. The molecule has 1 aliphatic carbocycles. The average molecular weight is 335 g/mol. The maximum Gasteiger partial charge on any atom is 0.407 e. The molecule has 124 valence electrons. The molecule has 2 rings (SSSR count). The molecule has 0 radical (unpaired) electrons. The third kappa shape index (κ3) is 5.52. The zero-order chi connectivity index (χ0) is 16.7. The lowest BCUT2D eigenvalue weighted by Gasteiger charge is -2.29. The van der Waals surface area contributed by atoms with Crippen LogP contribution in [0.3, 0.4) is 0 Å². The van der Waals surface area contributed by atoms with Gasteiger partial charge in [-0.25, -0.2) is 4.79 Å². The predicted molar refractivity (Wildman–Crippen MR) is 91.2 cm³/mol. The van der Waals surface area contributed by atoms with Gasteiger partial charge in [0.25, 0.3) is 5.91 Å². The van der Waals surface area contributed by atoms with Gasteiger partial charge in [0.15, 0.2) is 5.11 Å². The van der Waals surface area contributed by atoms with Gasteiger partial charge >= 0.3 is 6.09 Å². The highest BCUT2D eigenvalue weighted by Crippen LogP contribution is 2.21. The van der Waals surface area contributed by atoms with Crippen LogP contribution in [0.5, 0.6) is 0 Å². The molecule has 7 heteroatoms. The van der Waals surface area contributed by atoms with E-state index in [0.29, 0.717) is 10.7 Å². The first kappa shape index (κ1) is 17.2. The summed E-state index contributed by atoms with van der Waals surface area (Å²) in [6.45, 7) is 0. The van der Waals surface area contributed by atoms with Crippen molar-refractivity contribution < 1.29 is 14.3 Å². The molecule has 0 unspecified atom stereocenters. The number of ether oxygens (including phenoxy) is 1. The summed E-state index contributed by atoms with van der Waals surface area (Å²) in [6, 6.07) is 9.12. The second-order valence-corrected chi connectivity index (χ2v) is 5.83. The van der Waals surface area contributed by atoms with E-state index < -0.39 is 6.09 Å². The first-order valence-electron chi connectivity index (χ1n) is 7.63. The Balaban J connectivity index is 1.72. The van der Waals surface area contributed by atoms with Crippen LogP contribution in [0.4, 0.5) is 4.79 Å². The van der Waals surface area contributed by atoms with Crippen LogP contribution in [0.25, 0.3) is 0 Å². The predicted octanol–water partition coefficient (Wildman–Crippen LogP) is 1.96. The fourth-order valence-electron chi connectivity index (χ4n) is 2.52. The number of thiocarbonyl (C=S) groups is 1. The summed E-state index contributed by atoms with van der Waals surface area (Å²) in [6.07, 6.45) is 2.78. The molecule has 1 fully saturated rings. The minimum Gasteiger partial charge on any atom is -0.446 e. The molecule has 1 aliphatic rings. The lowest BCUT2D eigenvalue weighted by molar-refractivity contribution is 0.0717. The summed E-state index contributed by atoms with van der Waals surface area (Å²) >= 11 is 5.19. The van der Waals surface area contributed by atoms with Gasteiger partial charge in [0, 0.05) is 18.7 Å². The summed E-state index contributed by atoms with van der Waals surface area (Å²) in [4.78, 5) is 23.2. The van der Waals surface area contributed by atoms with Crippen LogP contribution >= 0.6 is 12.2 Å². The van der Waals surface area contributed by atoms with E-state index in [1.54, 1.807) is 31.3 Å². The standard InChI is InChI=1S/C16H21N3O3S/c1-17-16(21)22-13-9-7-12(8-10-13)18-15(23)19-14(20)11-5-3-2-4-6-11/h2-6,12-13H,7-10H2,1H3,(H,17,21)(H2,18,19,20,23). The Morgan fingerprint density at radius 2 is 1.78 bits per heavy atom. The van der Waals surface area contributed by atoms with Gasteiger partial charge in [-0.1, -0.05) is 18.2 Å². The van der Waals surface area contributed by atoms with E-state index in [1.165, 1.54) is 0 Å². The fraction of sp³-hybridized carbons (Fsp3) is 0.438. The molecule has 6 nitrogen and oxygen atoms in total. The van der Waals surface area contributed by atoms with Crippen LogP contribution in [0.15, 0.2) is 30.3 Å². The number of nitrogens with one attached hydrogen (secondary N) is 3. The fourth-order valence-corrected chi connectivity index (χ4v) is 2.78. The summed E-state index contributed by atoms with van der Waals surface area (Å²) in [7, 11) is 1.55. The van der Waals surface area contributed by atoms with Crippen molar-refractivity contribution in [2.75, 3.05) is 7.05 Å². The van der Waals surface area contributed by atoms with Gasteiger partial charge in [0.1, 0.15) is 6.10 Å². The number of hydrogen-bond acceptors (Lipinski definition) is 4. The molecular weight excluding hydrogens is 314 g/mol. The van der Waals surface area contributed by atoms with E-state index in [0.717, 1.165) is 25.7 Å². The van der Waals surface area contributed by atoms with E-state index in [-0.39, 0.29) is 18.1 Å². The Morgan fingerprint density at radius 1 is 1.13 bits per heavy atom. The van der Waals surface area contributed by atoms with Crippen molar-refractivity contribution in [1.82, 2.24) is 16.0 Å². The SMILES string of the molecule is CNC(=O)OC1CCC(NC(=S)NC(=O)c2ccccc2)CC1. The third-order valence-corrected chi connectivity index (χ3v) is 3.97. The van der Waals surface area contributed by atoms with Crippen LogP contribution in [0.2, 0.25) is 0 Å². The summed E-state index contributed by atoms with van der Waals surface area (Å²) in [5.74, 6) is -0.222. The van der Waals surface area contributed by atoms with Crippen LogP contribution in [0.1, 0.15) is 36.0 Å². The van der Waals surface area contributed by atoms with Gasteiger partial charge in [-0.3, -0.25) is 10.1 Å². The van der Waals surface area contributed by atoms with Crippen molar-refractivity contribution >= 4 is 29.3 Å². The number of carbonyl (C=O) groups excluding carboxylic acids is 2. The quantitative estimate of drug-likeness (QED) is 0.736. The number of amides is 2. The summed E-state index contributed by atoms with van der Waals surface area (Å²) in [5, 5.41) is 8.61. The molecule has 3 N–H and O–H groups in total. The second-order valence-electron chi connectivity index (χ2n) is 5.42. The van der Waals surface area contributed by atoms with Crippen molar-refractivity contribution in [2.45, 2.75) is 37.8 Å². The van der Waals surface area contributed by atoms with Crippen molar-refractivity contribution in [1.29, 1.82) is 0 Å². The first-order chi connectivity index (χ1) is 11.1. The van der Waals surface area contributed by atoms with Crippen molar-refractivity contribution in [3.63, 3.8) is 0 Å². The first-order valence-corrected chi connectivity index (χ1v) is 8.04. The Hall–Kier alpha value is -2.15. The Morgan fingerprint density at radius 3 is 2.39 bits per heavy atom. The monoisotopic (exact) mass is 335 g/mol.